The molecule has 90 valence electrons. The van der Waals surface area contributed by atoms with E-state index in [2.05, 4.69) is 5.32 Å². The van der Waals surface area contributed by atoms with Gasteiger partial charge in [0.1, 0.15) is 5.58 Å². The van der Waals surface area contributed by atoms with Crippen LogP contribution in [0.15, 0.2) is 28.7 Å². The van der Waals surface area contributed by atoms with Gasteiger partial charge in [-0.05, 0) is 45.0 Å². The average molecular weight is 252 g/mol. The third-order valence-electron chi connectivity index (χ3n) is 2.19. The molecule has 0 aliphatic heterocycles. The maximum atomic E-state index is 11.9. The summed E-state index contributed by atoms with van der Waals surface area (Å²) in [4.78, 5) is 11.9. The molecule has 1 heterocycles. The molecular weight excluding hydrogens is 238 g/mol. The van der Waals surface area contributed by atoms with Crippen LogP contribution in [0.5, 0.6) is 0 Å². The maximum absolute atomic E-state index is 11.9. The molecule has 0 spiro atoms. The minimum atomic E-state index is -0.284. The summed E-state index contributed by atoms with van der Waals surface area (Å²) in [5, 5.41) is 4.30. The van der Waals surface area contributed by atoms with Crippen molar-refractivity contribution < 1.29 is 9.21 Å². The smallest absolute Gasteiger partial charge is 0.287 e. The molecule has 17 heavy (non-hydrogen) atoms. The molecule has 0 bridgehead atoms. The summed E-state index contributed by atoms with van der Waals surface area (Å²) in [5.41, 5.74) is 0.377. The van der Waals surface area contributed by atoms with Crippen LogP contribution in [0.25, 0.3) is 11.0 Å². The van der Waals surface area contributed by atoms with Gasteiger partial charge in [-0.3, -0.25) is 4.79 Å². The molecule has 1 N–H and O–H groups in total. The second kappa shape index (κ2) is 4.08. The van der Waals surface area contributed by atoms with E-state index in [0.29, 0.717) is 16.4 Å². The molecular formula is C13H14ClNO2. The van der Waals surface area contributed by atoms with E-state index in [-0.39, 0.29) is 11.4 Å². The van der Waals surface area contributed by atoms with Crippen LogP contribution >= 0.6 is 11.6 Å². The number of carbonyl (C=O) groups excluding carboxylic acids is 1. The first-order valence-corrected chi connectivity index (χ1v) is 5.74. The Balaban J connectivity index is 2.33. The summed E-state index contributed by atoms with van der Waals surface area (Å²) in [6.07, 6.45) is 0. The van der Waals surface area contributed by atoms with Crippen molar-refractivity contribution in [1.29, 1.82) is 0 Å². The van der Waals surface area contributed by atoms with Gasteiger partial charge in [0.15, 0.2) is 5.76 Å². The zero-order valence-corrected chi connectivity index (χ0v) is 10.8. The Kier molecular flexibility index (Phi) is 2.87. The molecule has 3 nitrogen and oxygen atoms in total. The number of carbonyl (C=O) groups is 1. The number of hydrogen-bond acceptors (Lipinski definition) is 2. The van der Waals surface area contributed by atoms with Crippen molar-refractivity contribution in [2.45, 2.75) is 26.3 Å². The Morgan fingerprint density at radius 3 is 2.65 bits per heavy atom. The van der Waals surface area contributed by atoms with E-state index >= 15 is 0 Å². The van der Waals surface area contributed by atoms with Crippen LogP contribution in [0.1, 0.15) is 31.3 Å². The van der Waals surface area contributed by atoms with Crippen LogP contribution < -0.4 is 5.32 Å². The van der Waals surface area contributed by atoms with E-state index in [1.54, 1.807) is 24.3 Å². The zero-order chi connectivity index (χ0) is 12.6. The summed E-state index contributed by atoms with van der Waals surface area (Å²) < 4.78 is 5.46. The van der Waals surface area contributed by atoms with Crippen molar-refractivity contribution >= 4 is 28.5 Å². The highest BCUT2D eigenvalue weighted by Crippen LogP contribution is 2.23. The molecule has 0 fully saturated rings. The number of halogens is 1. The number of rotatable bonds is 1. The van der Waals surface area contributed by atoms with Gasteiger partial charge < -0.3 is 9.73 Å². The Morgan fingerprint density at radius 1 is 1.29 bits per heavy atom. The van der Waals surface area contributed by atoms with Crippen molar-refractivity contribution in [2.75, 3.05) is 0 Å². The fraction of sp³-hybridized carbons (Fsp3) is 0.308. The third-order valence-corrected chi connectivity index (χ3v) is 2.43. The molecule has 0 aliphatic carbocycles. The average Bonchev–Trinajstić information content (AvgIpc) is 2.57. The summed E-state index contributed by atoms with van der Waals surface area (Å²) in [6.45, 7) is 5.76. The first-order chi connectivity index (χ1) is 7.85. The summed E-state index contributed by atoms with van der Waals surface area (Å²) in [5.74, 6) is 0.0852. The van der Waals surface area contributed by atoms with Gasteiger partial charge in [0.2, 0.25) is 0 Å². The highest BCUT2D eigenvalue weighted by Gasteiger charge is 2.18. The summed E-state index contributed by atoms with van der Waals surface area (Å²) in [6, 6.07) is 6.96. The molecule has 0 unspecified atom stereocenters. The predicted molar refractivity (Wildman–Crippen MR) is 68.4 cm³/mol. The first kappa shape index (κ1) is 12.0. The Hall–Kier alpha value is -1.48. The van der Waals surface area contributed by atoms with Gasteiger partial charge >= 0.3 is 0 Å². The lowest BCUT2D eigenvalue weighted by Gasteiger charge is -2.19. The van der Waals surface area contributed by atoms with E-state index in [0.717, 1.165) is 5.39 Å². The zero-order valence-electron chi connectivity index (χ0n) is 10.0. The lowest BCUT2D eigenvalue weighted by molar-refractivity contribution is 0.0893. The van der Waals surface area contributed by atoms with E-state index in [1.165, 1.54) is 0 Å². The largest absolute Gasteiger partial charge is 0.451 e. The van der Waals surface area contributed by atoms with Gasteiger partial charge in [-0.25, -0.2) is 0 Å². The second-order valence-electron chi connectivity index (χ2n) is 5.00. The van der Waals surface area contributed by atoms with Crippen molar-refractivity contribution in [3.8, 4) is 0 Å². The molecule has 1 amide bonds. The Labute approximate surface area is 105 Å². The monoisotopic (exact) mass is 251 g/mol. The molecule has 0 saturated carbocycles. The van der Waals surface area contributed by atoms with Gasteiger partial charge in [0.25, 0.3) is 5.91 Å². The minimum Gasteiger partial charge on any atom is -0.451 e. The molecule has 0 atom stereocenters. The van der Waals surface area contributed by atoms with Crippen LogP contribution in [0, 0.1) is 0 Å². The molecule has 0 aliphatic rings. The van der Waals surface area contributed by atoms with Crippen molar-refractivity contribution in [3.05, 3.63) is 35.0 Å². The van der Waals surface area contributed by atoms with Crippen LogP contribution in [0.2, 0.25) is 5.02 Å². The van der Waals surface area contributed by atoms with Crippen LogP contribution in [0.4, 0.5) is 0 Å². The highest BCUT2D eigenvalue weighted by molar-refractivity contribution is 6.31. The van der Waals surface area contributed by atoms with Crippen molar-refractivity contribution in [1.82, 2.24) is 5.32 Å². The quantitative estimate of drug-likeness (QED) is 0.841. The normalized spacial score (nSPS) is 11.8. The van der Waals surface area contributed by atoms with E-state index in [1.807, 2.05) is 20.8 Å². The maximum Gasteiger partial charge on any atom is 0.287 e. The molecule has 0 saturated heterocycles. The molecule has 2 rings (SSSR count). The lowest BCUT2D eigenvalue weighted by Crippen LogP contribution is -2.40. The minimum absolute atomic E-state index is 0.218. The number of fused-ring (bicyclic) bond motifs is 1. The number of hydrogen-bond donors (Lipinski definition) is 1. The van der Waals surface area contributed by atoms with Gasteiger partial charge in [-0.2, -0.15) is 0 Å². The van der Waals surface area contributed by atoms with Crippen LogP contribution in [-0.4, -0.2) is 11.4 Å². The molecule has 0 radical (unpaired) electrons. The number of amides is 1. The molecule has 2 aromatic rings. The van der Waals surface area contributed by atoms with Gasteiger partial charge in [0.05, 0.1) is 0 Å². The van der Waals surface area contributed by atoms with E-state index in [4.69, 9.17) is 16.0 Å². The van der Waals surface area contributed by atoms with Gasteiger partial charge in [-0.1, -0.05) is 11.6 Å². The number of nitrogens with one attached hydrogen (secondary N) is 1. The molecule has 4 heteroatoms. The van der Waals surface area contributed by atoms with Crippen molar-refractivity contribution in [2.24, 2.45) is 0 Å². The topological polar surface area (TPSA) is 42.2 Å². The predicted octanol–water partition coefficient (Wildman–Crippen LogP) is 3.61. The van der Waals surface area contributed by atoms with Crippen molar-refractivity contribution in [3.63, 3.8) is 0 Å². The van der Waals surface area contributed by atoms with Crippen LogP contribution in [-0.2, 0) is 0 Å². The van der Waals surface area contributed by atoms with Crippen LogP contribution in [0.3, 0.4) is 0 Å². The number of benzene rings is 1. The summed E-state index contributed by atoms with van der Waals surface area (Å²) in [7, 11) is 0. The lowest BCUT2D eigenvalue weighted by atomic mass is 10.1. The second-order valence-corrected chi connectivity index (χ2v) is 5.43. The highest BCUT2D eigenvalue weighted by atomic mass is 35.5. The Morgan fingerprint density at radius 2 is 2.00 bits per heavy atom. The summed E-state index contributed by atoms with van der Waals surface area (Å²) >= 11 is 5.87. The SMILES string of the molecule is CC(C)(C)NC(=O)c1cc2cc(Cl)ccc2o1. The van der Waals surface area contributed by atoms with E-state index < -0.39 is 0 Å². The van der Waals surface area contributed by atoms with E-state index in [9.17, 15) is 4.79 Å². The van der Waals surface area contributed by atoms with Gasteiger partial charge in [-0.15, -0.1) is 0 Å². The molecule has 1 aromatic heterocycles. The first-order valence-electron chi connectivity index (χ1n) is 5.37. The standard InChI is InChI=1S/C13H14ClNO2/c1-13(2,3)15-12(16)11-7-8-6-9(14)4-5-10(8)17-11/h4-7H,1-3H3,(H,15,16). The molecule has 1 aromatic carbocycles. The third kappa shape index (κ3) is 2.80. The Bertz CT molecular complexity index is 566. The fourth-order valence-electron chi connectivity index (χ4n) is 1.53. The van der Waals surface area contributed by atoms with Gasteiger partial charge in [0, 0.05) is 15.9 Å². The fourth-order valence-corrected chi connectivity index (χ4v) is 1.71. The number of furan rings is 1.